The fraction of sp³-hybridized carbons (Fsp3) is 0.565. The second kappa shape index (κ2) is 7.49. The average Bonchev–Trinajstić information content (AvgIpc) is 3.48. The van der Waals surface area contributed by atoms with Gasteiger partial charge in [-0.15, -0.1) is 0 Å². The van der Waals surface area contributed by atoms with Gasteiger partial charge in [0.1, 0.15) is 0 Å². The summed E-state index contributed by atoms with van der Waals surface area (Å²) in [6, 6.07) is 8.73. The highest BCUT2D eigenvalue weighted by atomic mass is 16.2. The van der Waals surface area contributed by atoms with Gasteiger partial charge in [0.2, 0.25) is 11.8 Å². The van der Waals surface area contributed by atoms with Crippen molar-refractivity contribution in [2.45, 2.75) is 76.9 Å². The van der Waals surface area contributed by atoms with Gasteiger partial charge in [0.05, 0.1) is 12.5 Å². The van der Waals surface area contributed by atoms with Gasteiger partial charge < -0.3 is 9.80 Å². The average molecular weight is 367 g/mol. The standard InChI is InChI=1S/C23H30N2O2/c1-16-7-9-19(10-8-16)25(20-11-12-20)23(27)15-22-21-6-4-3-5-18(21)13-14-24(22)17(2)26/h3-6,13-14,16,19-20,22H,7-12,15H2,1-2H3. The van der Waals surface area contributed by atoms with Gasteiger partial charge in [-0.25, -0.2) is 0 Å². The molecule has 27 heavy (non-hydrogen) atoms. The highest BCUT2D eigenvalue weighted by molar-refractivity contribution is 5.82. The number of hydrogen-bond acceptors (Lipinski definition) is 2. The van der Waals surface area contributed by atoms with Crippen LogP contribution in [0.4, 0.5) is 0 Å². The zero-order valence-corrected chi connectivity index (χ0v) is 16.4. The Kier molecular flexibility index (Phi) is 5.07. The van der Waals surface area contributed by atoms with E-state index in [1.165, 1.54) is 12.8 Å². The minimum absolute atomic E-state index is 0.0111. The Morgan fingerprint density at radius 2 is 1.67 bits per heavy atom. The summed E-state index contributed by atoms with van der Waals surface area (Å²) < 4.78 is 0. The van der Waals surface area contributed by atoms with E-state index in [1.54, 1.807) is 11.8 Å². The molecular weight excluding hydrogens is 336 g/mol. The molecule has 1 aliphatic heterocycles. The summed E-state index contributed by atoms with van der Waals surface area (Å²) in [5.41, 5.74) is 2.19. The van der Waals surface area contributed by atoms with Crippen molar-refractivity contribution in [2.75, 3.05) is 0 Å². The van der Waals surface area contributed by atoms with Crippen LogP contribution in [-0.4, -0.2) is 33.7 Å². The molecule has 3 aliphatic rings. The molecule has 0 aromatic heterocycles. The predicted molar refractivity (Wildman–Crippen MR) is 107 cm³/mol. The fourth-order valence-electron chi connectivity index (χ4n) is 4.76. The van der Waals surface area contributed by atoms with Crippen LogP contribution in [0.1, 0.15) is 76.0 Å². The van der Waals surface area contributed by atoms with Crippen LogP contribution in [0.3, 0.4) is 0 Å². The lowest BCUT2D eigenvalue weighted by Crippen LogP contribution is -2.45. The van der Waals surface area contributed by atoms with Gasteiger partial charge in [-0.1, -0.05) is 31.2 Å². The van der Waals surface area contributed by atoms with E-state index in [9.17, 15) is 9.59 Å². The molecule has 0 N–H and O–H groups in total. The lowest BCUT2D eigenvalue weighted by Gasteiger charge is -2.39. The number of carbonyl (C=O) groups excluding carboxylic acids is 2. The predicted octanol–water partition coefficient (Wildman–Crippen LogP) is 4.52. The van der Waals surface area contributed by atoms with Crippen LogP contribution < -0.4 is 0 Å². The molecule has 0 radical (unpaired) electrons. The second-order valence-corrected chi connectivity index (χ2v) is 8.54. The molecular formula is C23H30N2O2. The SMILES string of the molecule is CC(=O)N1C=Cc2ccccc2C1CC(=O)N(C1CCC(C)CC1)C1CC1. The van der Waals surface area contributed by atoms with Crippen molar-refractivity contribution in [2.24, 2.45) is 5.92 Å². The number of rotatable bonds is 4. The molecule has 4 nitrogen and oxygen atoms in total. The summed E-state index contributed by atoms with van der Waals surface area (Å²) in [6.45, 7) is 3.90. The van der Waals surface area contributed by atoms with Crippen LogP contribution in [0.2, 0.25) is 0 Å². The Hall–Kier alpha value is -2.10. The zero-order valence-electron chi connectivity index (χ0n) is 16.4. The molecule has 4 heteroatoms. The van der Waals surface area contributed by atoms with Gasteiger partial charge in [-0.3, -0.25) is 9.59 Å². The molecule has 1 unspecified atom stereocenters. The van der Waals surface area contributed by atoms with Crippen LogP contribution in [0.25, 0.3) is 6.08 Å². The molecule has 1 heterocycles. The summed E-state index contributed by atoms with van der Waals surface area (Å²) in [7, 11) is 0. The summed E-state index contributed by atoms with van der Waals surface area (Å²) in [5.74, 6) is 0.988. The third-order valence-corrected chi connectivity index (χ3v) is 6.44. The van der Waals surface area contributed by atoms with Crippen molar-refractivity contribution in [1.29, 1.82) is 0 Å². The van der Waals surface area contributed by atoms with E-state index in [-0.39, 0.29) is 17.9 Å². The van der Waals surface area contributed by atoms with Crippen molar-refractivity contribution in [3.63, 3.8) is 0 Å². The Morgan fingerprint density at radius 1 is 1.04 bits per heavy atom. The lowest BCUT2D eigenvalue weighted by molar-refractivity contribution is -0.137. The first kappa shape index (κ1) is 18.3. The van der Waals surface area contributed by atoms with Crippen LogP contribution in [0, 0.1) is 5.92 Å². The van der Waals surface area contributed by atoms with Crippen LogP contribution in [-0.2, 0) is 9.59 Å². The Labute approximate surface area is 162 Å². The van der Waals surface area contributed by atoms with Crippen molar-refractivity contribution in [3.8, 4) is 0 Å². The molecule has 4 rings (SSSR count). The van der Waals surface area contributed by atoms with Gasteiger partial charge in [0, 0.05) is 25.2 Å². The van der Waals surface area contributed by atoms with E-state index in [4.69, 9.17) is 0 Å². The summed E-state index contributed by atoms with van der Waals surface area (Å²) in [6.07, 6.45) is 11.1. The third kappa shape index (κ3) is 3.80. The van der Waals surface area contributed by atoms with E-state index >= 15 is 0 Å². The summed E-state index contributed by atoms with van der Waals surface area (Å²) in [4.78, 5) is 29.5. The largest absolute Gasteiger partial charge is 0.337 e. The van der Waals surface area contributed by atoms with Gasteiger partial charge in [-0.05, 0) is 61.6 Å². The second-order valence-electron chi connectivity index (χ2n) is 8.54. The molecule has 144 valence electrons. The van der Waals surface area contributed by atoms with Gasteiger partial charge >= 0.3 is 0 Å². The topological polar surface area (TPSA) is 40.6 Å². The molecule has 2 fully saturated rings. The van der Waals surface area contributed by atoms with Gasteiger partial charge in [0.15, 0.2) is 0 Å². The monoisotopic (exact) mass is 366 g/mol. The number of amides is 2. The third-order valence-electron chi connectivity index (χ3n) is 6.44. The lowest BCUT2D eigenvalue weighted by atomic mass is 9.86. The normalized spacial score (nSPS) is 27.2. The number of hydrogen-bond donors (Lipinski definition) is 0. The number of carbonyl (C=O) groups is 2. The number of benzene rings is 1. The summed E-state index contributed by atoms with van der Waals surface area (Å²) in [5, 5.41) is 0. The first-order chi connectivity index (χ1) is 13.0. The van der Waals surface area contributed by atoms with E-state index in [0.29, 0.717) is 18.5 Å². The minimum Gasteiger partial charge on any atom is -0.337 e. The highest BCUT2D eigenvalue weighted by Crippen LogP contribution is 2.38. The number of nitrogens with zero attached hydrogens (tertiary/aromatic N) is 2. The molecule has 0 saturated heterocycles. The van der Waals surface area contributed by atoms with Crippen molar-refractivity contribution in [3.05, 3.63) is 41.6 Å². The fourth-order valence-corrected chi connectivity index (χ4v) is 4.76. The van der Waals surface area contributed by atoms with Crippen LogP contribution in [0.15, 0.2) is 30.5 Å². The van der Waals surface area contributed by atoms with Crippen molar-refractivity contribution in [1.82, 2.24) is 9.80 Å². The Balaban J connectivity index is 1.56. The maximum atomic E-state index is 13.4. The van der Waals surface area contributed by atoms with Crippen molar-refractivity contribution >= 4 is 17.9 Å². The molecule has 2 amide bonds. The molecule has 1 aromatic rings. The van der Waals surface area contributed by atoms with Crippen molar-refractivity contribution < 1.29 is 9.59 Å². The smallest absolute Gasteiger partial charge is 0.225 e. The molecule has 2 aliphatic carbocycles. The Morgan fingerprint density at radius 3 is 2.30 bits per heavy atom. The molecule has 0 bridgehead atoms. The van der Waals surface area contributed by atoms with Gasteiger partial charge in [0.25, 0.3) is 0 Å². The first-order valence-electron chi connectivity index (χ1n) is 10.4. The van der Waals surface area contributed by atoms with E-state index < -0.39 is 0 Å². The summed E-state index contributed by atoms with van der Waals surface area (Å²) >= 11 is 0. The van der Waals surface area contributed by atoms with Crippen LogP contribution in [0.5, 0.6) is 0 Å². The maximum Gasteiger partial charge on any atom is 0.225 e. The molecule has 2 saturated carbocycles. The highest BCUT2D eigenvalue weighted by Gasteiger charge is 2.40. The first-order valence-corrected chi connectivity index (χ1v) is 10.4. The Bertz CT molecular complexity index is 745. The van der Waals surface area contributed by atoms with E-state index in [1.807, 2.05) is 24.4 Å². The van der Waals surface area contributed by atoms with Crippen LogP contribution >= 0.6 is 0 Å². The maximum absolute atomic E-state index is 13.4. The number of fused-ring (bicyclic) bond motifs is 1. The molecule has 1 atom stereocenters. The van der Waals surface area contributed by atoms with E-state index in [2.05, 4.69) is 24.0 Å². The zero-order chi connectivity index (χ0) is 19.0. The van der Waals surface area contributed by atoms with E-state index in [0.717, 1.165) is 42.7 Å². The minimum atomic E-state index is -0.194. The van der Waals surface area contributed by atoms with Gasteiger partial charge in [-0.2, -0.15) is 0 Å². The molecule has 1 aromatic carbocycles. The molecule has 0 spiro atoms. The quantitative estimate of drug-likeness (QED) is 0.786.